The first-order valence-electron chi connectivity index (χ1n) is 9.46. The molecular weight excluding hydrogens is 394 g/mol. The van der Waals surface area contributed by atoms with Gasteiger partial charge in [0, 0.05) is 25.2 Å². The highest BCUT2D eigenvalue weighted by molar-refractivity contribution is 6.31. The number of aliphatic hydroxyl groups is 1. The van der Waals surface area contributed by atoms with Crippen LogP contribution < -0.4 is 4.57 Å². The Kier molecular flexibility index (Phi) is 4.71. The maximum Gasteiger partial charge on any atom is 0.407 e. The van der Waals surface area contributed by atoms with Crippen LogP contribution in [0.3, 0.4) is 0 Å². The van der Waals surface area contributed by atoms with Crippen LogP contribution in [0.25, 0.3) is 5.69 Å². The Balaban J connectivity index is 1.87. The number of nitrogens with zero attached hydrogens (tertiary/aromatic N) is 5. The number of amidine groups is 1. The van der Waals surface area contributed by atoms with Gasteiger partial charge in [-0.15, -0.1) is 0 Å². The molecule has 9 heteroatoms. The number of benzene rings is 1. The van der Waals surface area contributed by atoms with Crippen molar-refractivity contribution in [2.45, 2.75) is 33.2 Å². The third kappa shape index (κ3) is 2.78. The molecule has 152 valence electrons. The summed E-state index contributed by atoms with van der Waals surface area (Å²) in [6.07, 6.45) is 0.336. The van der Waals surface area contributed by atoms with Gasteiger partial charge in [-0.2, -0.15) is 4.57 Å². The van der Waals surface area contributed by atoms with Gasteiger partial charge in [0.2, 0.25) is 11.9 Å². The fraction of sp³-hybridized carbons (Fsp3) is 0.400. The molecule has 0 bridgehead atoms. The van der Waals surface area contributed by atoms with Crippen molar-refractivity contribution >= 4 is 35.3 Å². The smallest absolute Gasteiger partial charge is 0.396 e. The molecular formula is C20H23ClN5O3+. The number of likely N-dealkylation sites (N-methyl/N-ethyl adjacent to an activating group) is 1. The van der Waals surface area contributed by atoms with Gasteiger partial charge in [0.15, 0.2) is 0 Å². The van der Waals surface area contributed by atoms with Gasteiger partial charge in [0.25, 0.3) is 5.91 Å². The van der Waals surface area contributed by atoms with Gasteiger partial charge >= 0.3 is 12.0 Å². The van der Waals surface area contributed by atoms with Crippen LogP contribution in [-0.4, -0.2) is 57.4 Å². The lowest BCUT2D eigenvalue weighted by Gasteiger charge is -2.33. The van der Waals surface area contributed by atoms with Crippen molar-refractivity contribution in [3.63, 3.8) is 0 Å². The van der Waals surface area contributed by atoms with Gasteiger partial charge < -0.3 is 5.11 Å². The number of imide groups is 1. The monoisotopic (exact) mass is 416 g/mol. The molecule has 0 spiro atoms. The number of carbonyl (C=O) groups is 2. The highest BCUT2D eigenvalue weighted by atomic mass is 35.5. The Labute approximate surface area is 173 Å². The van der Waals surface area contributed by atoms with Crippen molar-refractivity contribution in [1.82, 2.24) is 14.4 Å². The molecule has 1 atom stereocenters. The van der Waals surface area contributed by atoms with Gasteiger partial charge in [-0.25, -0.2) is 9.36 Å². The first-order chi connectivity index (χ1) is 13.8. The first-order valence-corrected chi connectivity index (χ1v) is 9.84. The third-order valence-corrected chi connectivity index (χ3v) is 6.08. The average Bonchev–Trinajstić information content (AvgIpc) is 3.18. The number of carbonyl (C=O) groups excluding carboxylic acids is 2. The highest BCUT2D eigenvalue weighted by Gasteiger charge is 2.54. The van der Waals surface area contributed by atoms with E-state index in [0.717, 1.165) is 22.6 Å². The number of imidazole rings is 1. The molecule has 1 unspecified atom stereocenters. The number of aryl methyl sites for hydroxylation is 1. The minimum atomic E-state index is -0.702. The van der Waals surface area contributed by atoms with Crippen LogP contribution in [0.5, 0.6) is 0 Å². The Bertz CT molecular complexity index is 1070. The van der Waals surface area contributed by atoms with E-state index in [2.05, 4.69) is 4.99 Å². The minimum Gasteiger partial charge on any atom is -0.396 e. The van der Waals surface area contributed by atoms with Gasteiger partial charge in [-0.1, -0.05) is 22.7 Å². The molecule has 0 aliphatic carbocycles. The lowest BCUT2D eigenvalue weighted by atomic mass is 10.1. The number of hydrogen-bond donors (Lipinski definition) is 1. The van der Waals surface area contributed by atoms with E-state index < -0.39 is 12.1 Å². The average molecular weight is 417 g/mol. The lowest BCUT2D eigenvalue weighted by molar-refractivity contribution is -0.682. The Morgan fingerprint density at radius 3 is 2.62 bits per heavy atom. The molecule has 0 radical (unpaired) electrons. The quantitative estimate of drug-likeness (QED) is 0.776. The Morgan fingerprint density at radius 2 is 1.97 bits per heavy atom. The van der Waals surface area contributed by atoms with E-state index in [4.69, 9.17) is 16.7 Å². The zero-order valence-corrected chi connectivity index (χ0v) is 17.6. The van der Waals surface area contributed by atoms with E-state index in [0.29, 0.717) is 23.2 Å². The Hall–Kier alpha value is -2.71. The topological polar surface area (TPSA) is 82.0 Å². The molecule has 3 heterocycles. The number of rotatable bonds is 4. The van der Waals surface area contributed by atoms with Gasteiger partial charge in [-0.05, 0) is 44.9 Å². The molecule has 1 fully saturated rings. The zero-order valence-electron chi connectivity index (χ0n) is 16.8. The largest absolute Gasteiger partial charge is 0.407 e. The van der Waals surface area contributed by atoms with Gasteiger partial charge in [0.1, 0.15) is 17.1 Å². The number of urea groups is 1. The number of halogens is 1. The second kappa shape index (κ2) is 6.96. The number of aromatic nitrogens is 2. The summed E-state index contributed by atoms with van der Waals surface area (Å²) in [6.45, 7) is 5.92. The molecule has 29 heavy (non-hydrogen) atoms. The minimum absolute atomic E-state index is 0.0898. The van der Waals surface area contributed by atoms with E-state index in [9.17, 15) is 9.59 Å². The molecule has 1 N–H and O–H groups in total. The van der Waals surface area contributed by atoms with Crippen molar-refractivity contribution in [3.8, 4) is 5.69 Å². The van der Waals surface area contributed by atoms with Crippen LogP contribution >= 0.6 is 11.6 Å². The number of amides is 3. The molecule has 2 aromatic rings. The van der Waals surface area contributed by atoms with Crippen LogP contribution in [0.15, 0.2) is 23.2 Å². The number of aliphatic imine (C=N–C) groups is 1. The van der Waals surface area contributed by atoms with E-state index >= 15 is 0 Å². The molecule has 1 aromatic heterocycles. The molecule has 2 aliphatic heterocycles. The lowest BCUT2D eigenvalue weighted by Crippen LogP contribution is -2.63. The van der Waals surface area contributed by atoms with E-state index in [1.807, 2.05) is 48.1 Å². The number of fused-ring (bicyclic) bond motifs is 3. The molecule has 1 aromatic carbocycles. The summed E-state index contributed by atoms with van der Waals surface area (Å²) in [4.78, 5) is 33.2. The van der Waals surface area contributed by atoms with Gasteiger partial charge in [-0.3, -0.25) is 14.6 Å². The van der Waals surface area contributed by atoms with Gasteiger partial charge in [0.05, 0.1) is 0 Å². The van der Waals surface area contributed by atoms with E-state index in [1.54, 1.807) is 7.05 Å². The normalized spacial score (nSPS) is 18.3. The molecule has 8 nitrogen and oxygen atoms in total. The van der Waals surface area contributed by atoms with Crippen molar-refractivity contribution < 1.29 is 19.3 Å². The second-order valence-electron chi connectivity index (χ2n) is 7.39. The summed E-state index contributed by atoms with van der Waals surface area (Å²) in [7, 11) is 1.62. The summed E-state index contributed by atoms with van der Waals surface area (Å²) >= 11 is 6.34. The van der Waals surface area contributed by atoms with Crippen LogP contribution in [0.2, 0.25) is 5.02 Å². The van der Waals surface area contributed by atoms with Crippen molar-refractivity contribution in [2.24, 2.45) is 4.99 Å². The number of aliphatic hydroxyl groups excluding tert-OH is 1. The molecule has 3 amide bonds. The number of hydrogen-bond acceptors (Lipinski definition) is 4. The van der Waals surface area contributed by atoms with Crippen molar-refractivity contribution in [1.29, 1.82) is 0 Å². The zero-order chi connectivity index (χ0) is 21.0. The molecule has 4 rings (SSSR count). The third-order valence-electron chi connectivity index (χ3n) is 5.67. The summed E-state index contributed by atoms with van der Waals surface area (Å²) in [5, 5.41) is 9.77. The maximum atomic E-state index is 13.2. The molecule has 2 aliphatic rings. The second-order valence-corrected chi connectivity index (χ2v) is 7.80. The van der Waals surface area contributed by atoms with Crippen LogP contribution in [0.1, 0.15) is 29.4 Å². The summed E-state index contributed by atoms with van der Waals surface area (Å²) in [5.74, 6) is 0.661. The maximum absolute atomic E-state index is 13.2. The molecule has 0 saturated carbocycles. The fourth-order valence-corrected chi connectivity index (χ4v) is 4.08. The predicted octanol–water partition coefficient (Wildman–Crippen LogP) is 2.20. The fourth-order valence-electron chi connectivity index (χ4n) is 3.90. The van der Waals surface area contributed by atoms with E-state index in [1.165, 1.54) is 9.80 Å². The van der Waals surface area contributed by atoms with Crippen LogP contribution in [0.4, 0.5) is 10.7 Å². The highest BCUT2D eigenvalue weighted by Crippen LogP contribution is 2.33. The standard InChI is InChI=1S/C20H23ClN5O3/c1-11-6-7-14(10-15(11)21)25-12(2)13(3)26-16-17(22-19(25)26)23(4)20(29)24(18(16)28)8-5-9-27/h6-7,10,16,27H,5,8-9H2,1-4H3/q+1. The first kappa shape index (κ1) is 19.6. The van der Waals surface area contributed by atoms with Crippen LogP contribution in [0, 0.1) is 20.8 Å². The Morgan fingerprint density at radius 1 is 1.24 bits per heavy atom. The van der Waals surface area contributed by atoms with Crippen molar-refractivity contribution in [3.05, 3.63) is 40.2 Å². The van der Waals surface area contributed by atoms with E-state index in [-0.39, 0.29) is 19.1 Å². The van der Waals surface area contributed by atoms with Crippen LogP contribution in [-0.2, 0) is 4.79 Å². The van der Waals surface area contributed by atoms with Crippen molar-refractivity contribution in [2.75, 3.05) is 20.2 Å². The molecule has 1 saturated heterocycles. The SMILES string of the molecule is Cc1ccc(-n2c(C)c(C)[n+]3c2N=C2C3C(=O)N(CCCO)C(=O)N2C)cc1Cl. The predicted molar refractivity (Wildman–Crippen MR) is 108 cm³/mol. The summed E-state index contributed by atoms with van der Waals surface area (Å²) < 4.78 is 3.82. The summed E-state index contributed by atoms with van der Waals surface area (Å²) in [5.41, 5.74) is 3.65. The summed E-state index contributed by atoms with van der Waals surface area (Å²) in [6, 6.07) is 4.64.